The van der Waals surface area contributed by atoms with Crippen molar-refractivity contribution < 1.29 is 4.79 Å². The predicted octanol–water partition coefficient (Wildman–Crippen LogP) is 2.50. The fraction of sp³-hybridized carbons (Fsp3) is 0.417. The minimum absolute atomic E-state index is 0.214. The molecule has 2 aliphatic rings. The first kappa shape index (κ1) is 9.37. The molecule has 3 rings (SSSR count). The fourth-order valence-electron chi connectivity index (χ4n) is 2.21. The van der Waals surface area contributed by atoms with Gasteiger partial charge in [-0.1, -0.05) is 23.7 Å². The molecule has 0 radical (unpaired) electrons. The Labute approximate surface area is 93.8 Å². The summed E-state index contributed by atoms with van der Waals surface area (Å²) in [5, 5.41) is 0.728. The highest BCUT2D eigenvalue weighted by Gasteiger charge is 2.34. The van der Waals surface area contributed by atoms with Gasteiger partial charge in [0.05, 0.1) is 6.54 Å². The van der Waals surface area contributed by atoms with Crippen LogP contribution in [0.4, 0.5) is 0 Å². The maximum absolute atomic E-state index is 11.9. The van der Waals surface area contributed by atoms with Crippen LogP contribution in [0.25, 0.3) is 0 Å². The van der Waals surface area contributed by atoms with Crippen molar-refractivity contribution in [1.29, 1.82) is 0 Å². The minimum atomic E-state index is 0.214. The van der Waals surface area contributed by atoms with Gasteiger partial charge in [0.1, 0.15) is 0 Å². The normalized spacial score (nSPS) is 21.5. The molecule has 0 atom stereocenters. The van der Waals surface area contributed by atoms with E-state index in [9.17, 15) is 4.79 Å². The smallest absolute Gasteiger partial charge is 0.177 e. The number of benzene rings is 1. The number of nitrogens with zero attached hydrogens (tertiary/aromatic N) is 1. The average Bonchev–Trinajstić information content (AvgIpc) is 3.02. The lowest BCUT2D eigenvalue weighted by Crippen LogP contribution is -2.36. The molecule has 1 aromatic rings. The Morgan fingerprint density at radius 2 is 2.07 bits per heavy atom. The molecule has 1 aliphatic carbocycles. The summed E-state index contributed by atoms with van der Waals surface area (Å²) in [6.45, 7) is 1.41. The topological polar surface area (TPSA) is 20.3 Å². The summed E-state index contributed by atoms with van der Waals surface area (Å²) in [6, 6.07) is 6.22. The lowest BCUT2D eigenvalue weighted by Gasteiger charge is -2.28. The van der Waals surface area contributed by atoms with E-state index in [0.29, 0.717) is 12.6 Å². The molecule has 2 nitrogen and oxygen atoms in total. The van der Waals surface area contributed by atoms with Gasteiger partial charge in [0.15, 0.2) is 5.78 Å². The van der Waals surface area contributed by atoms with Crippen LogP contribution in [0, 0.1) is 0 Å². The van der Waals surface area contributed by atoms with Crippen LogP contribution in [-0.2, 0) is 6.54 Å². The van der Waals surface area contributed by atoms with Gasteiger partial charge in [-0.15, -0.1) is 0 Å². The van der Waals surface area contributed by atoms with Gasteiger partial charge in [0, 0.05) is 23.2 Å². The summed E-state index contributed by atoms with van der Waals surface area (Å²) >= 11 is 6.12. The van der Waals surface area contributed by atoms with Crippen molar-refractivity contribution in [1.82, 2.24) is 4.90 Å². The fourth-order valence-corrected chi connectivity index (χ4v) is 2.44. The lowest BCUT2D eigenvalue weighted by atomic mass is 9.98. The zero-order valence-electron chi connectivity index (χ0n) is 8.37. The molecule has 1 heterocycles. The van der Waals surface area contributed by atoms with E-state index >= 15 is 0 Å². The van der Waals surface area contributed by atoms with E-state index in [1.54, 1.807) is 0 Å². The third kappa shape index (κ3) is 1.58. The molecule has 1 aliphatic heterocycles. The van der Waals surface area contributed by atoms with E-state index in [-0.39, 0.29) is 5.78 Å². The Balaban J connectivity index is 2.01. The van der Waals surface area contributed by atoms with Crippen molar-refractivity contribution in [3.63, 3.8) is 0 Å². The van der Waals surface area contributed by atoms with E-state index < -0.39 is 0 Å². The van der Waals surface area contributed by atoms with Crippen LogP contribution < -0.4 is 0 Å². The Bertz CT molecular complexity index is 426. The minimum Gasteiger partial charge on any atom is -0.293 e. The van der Waals surface area contributed by atoms with E-state index in [0.717, 1.165) is 22.7 Å². The highest BCUT2D eigenvalue weighted by atomic mass is 35.5. The van der Waals surface area contributed by atoms with Crippen LogP contribution in [0.2, 0.25) is 5.02 Å². The lowest BCUT2D eigenvalue weighted by molar-refractivity contribution is 0.0893. The number of hydrogen-bond acceptors (Lipinski definition) is 2. The molecule has 0 unspecified atom stereocenters. The van der Waals surface area contributed by atoms with E-state index in [4.69, 9.17) is 11.6 Å². The van der Waals surface area contributed by atoms with Crippen molar-refractivity contribution in [2.75, 3.05) is 6.54 Å². The number of carbonyl (C=O) groups is 1. The second kappa shape index (κ2) is 3.32. The maximum atomic E-state index is 11.9. The van der Waals surface area contributed by atoms with Crippen molar-refractivity contribution >= 4 is 17.4 Å². The Hall–Kier alpha value is -0.860. The Kier molecular flexibility index (Phi) is 2.08. The zero-order chi connectivity index (χ0) is 10.4. The number of ketones is 1. The molecule has 78 valence electrons. The molecular weight excluding hydrogens is 210 g/mol. The number of carbonyl (C=O) groups excluding carboxylic acids is 1. The van der Waals surface area contributed by atoms with Gasteiger partial charge in [-0.2, -0.15) is 0 Å². The summed E-state index contributed by atoms with van der Waals surface area (Å²) in [7, 11) is 0. The van der Waals surface area contributed by atoms with Crippen molar-refractivity contribution in [3.05, 3.63) is 34.3 Å². The molecule has 1 saturated carbocycles. The first-order valence-corrected chi connectivity index (χ1v) is 5.68. The number of rotatable bonds is 1. The molecule has 0 bridgehead atoms. The first-order chi connectivity index (χ1) is 7.25. The van der Waals surface area contributed by atoms with Crippen molar-refractivity contribution in [3.8, 4) is 0 Å². The van der Waals surface area contributed by atoms with Gasteiger partial charge in [-0.3, -0.25) is 9.69 Å². The van der Waals surface area contributed by atoms with Gasteiger partial charge < -0.3 is 0 Å². The summed E-state index contributed by atoms with van der Waals surface area (Å²) in [4.78, 5) is 14.1. The zero-order valence-corrected chi connectivity index (χ0v) is 9.13. The predicted molar refractivity (Wildman–Crippen MR) is 59.2 cm³/mol. The first-order valence-electron chi connectivity index (χ1n) is 5.30. The molecule has 0 amide bonds. The molecule has 0 saturated heterocycles. The van der Waals surface area contributed by atoms with Crippen LogP contribution in [0.5, 0.6) is 0 Å². The summed E-state index contributed by atoms with van der Waals surface area (Å²) < 4.78 is 0. The van der Waals surface area contributed by atoms with E-state index in [2.05, 4.69) is 4.90 Å². The molecule has 1 fully saturated rings. The number of fused-ring (bicyclic) bond motifs is 1. The van der Waals surface area contributed by atoms with Crippen LogP contribution in [-0.4, -0.2) is 23.3 Å². The molecular formula is C12H12ClNO. The van der Waals surface area contributed by atoms with Crippen LogP contribution in [0.15, 0.2) is 18.2 Å². The average molecular weight is 222 g/mol. The summed E-state index contributed by atoms with van der Waals surface area (Å²) in [5.41, 5.74) is 1.83. The number of halogens is 1. The van der Waals surface area contributed by atoms with Crippen LogP contribution in [0.1, 0.15) is 28.8 Å². The third-order valence-corrected chi connectivity index (χ3v) is 3.54. The quantitative estimate of drug-likeness (QED) is 0.726. The third-order valence-electron chi connectivity index (χ3n) is 3.19. The van der Waals surface area contributed by atoms with Crippen LogP contribution in [0.3, 0.4) is 0 Å². The SMILES string of the molecule is O=C1CN(C2CC2)Cc2c(Cl)cccc21. The van der Waals surface area contributed by atoms with Gasteiger partial charge >= 0.3 is 0 Å². The van der Waals surface area contributed by atoms with Crippen molar-refractivity contribution in [2.24, 2.45) is 0 Å². The van der Waals surface area contributed by atoms with Gasteiger partial charge in [-0.25, -0.2) is 0 Å². The second-order valence-electron chi connectivity index (χ2n) is 4.33. The second-order valence-corrected chi connectivity index (χ2v) is 4.73. The summed E-state index contributed by atoms with van der Waals surface area (Å²) in [5.74, 6) is 0.214. The van der Waals surface area contributed by atoms with Crippen LogP contribution >= 0.6 is 11.6 Å². The molecule has 0 N–H and O–H groups in total. The van der Waals surface area contributed by atoms with E-state index in [1.165, 1.54) is 12.8 Å². The number of hydrogen-bond donors (Lipinski definition) is 0. The highest BCUT2D eigenvalue weighted by molar-refractivity contribution is 6.32. The molecule has 0 spiro atoms. The molecule has 3 heteroatoms. The Morgan fingerprint density at radius 3 is 2.80 bits per heavy atom. The molecule has 0 aromatic heterocycles. The summed E-state index contributed by atoms with van der Waals surface area (Å²) in [6.07, 6.45) is 2.46. The maximum Gasteiger partial charge on any atom is 0.177 e. The highest BCUT2D eigenvalue weighted by Crippen LogP contribution is 2.33. The van der Waals surface area contributed by atoms with Gasteiger partial charge in [0.25, 0.3) is 0 Å². The molecule has 15 heavy (non-hydrogen) atoms. The van der Waals surface area contributed by atoms with Gasteiger partial charge in [-0.05, 0) is 24.5 Å². The largest absolute Gasteiger partial charge is 0.293 e. The standard InChI is InChI=1S/C12H12ClNO/c13-11-3-1-2-9-10(11)6-14(7-12(9)15)8-4-5-8/h1-3,8H,4-7H2. The van der Waals surface area contributed by atoms with E-state index in [1.807, 2.05) is 18.2 Å². The number of Topliss-reactive ketones (excluding diaryl/α,β-unsaturated/α-hetero) is 1. The molecule has 1 aromatic carbocycles. The monoisotopic (exact) mass is 221 g/mol. The van der Waals surface area contributed by atoms with Crippen molar-refractivity contribution in [2.45, 2.75) is 25.4 Å². The Morgan fingerprint density at radius 1 is 1.27 bits per heavy atom. The van der Waals surface area contributed by atoms with Gasteiger partial charge in [0.2, 0.25) is 0 Å².